The van der Waals surface area contributed by atoms with Crippen molar-refractivity contribution in [3.63, 3.8) is 0 Å². The zero-order chi connectivity index (χ0) is 7.56. The summed E-state index contributed by atoms with van der Waals surface area (Å²) >= 11 is 0. The highest BCUT2D eigenvalue weighted by Crippen LogP contribution is 2.11. The van der Waals surface area contributed by atoms with Crippen LogP contribution in [0.1, 0.15) is 6.42 Å². The number of methoxy groups -OCH3 is 1. The van der Waals surface area contributed by atoms with Gasteiger partial charge >= 0.3 is 0 Å². The van der Waals surface area contributed by atoms with Crippen molar-refractivity contribution in [3.8, 4) is 0 Å². The Kier molecular flexibility index (Phi) is 2.65. The van der Waals surface area contributed by atoms with Crippen LogP contribution in [0.5, 0.6) is 0 Å². The third kappa shape index (κ3) is 1.68. The fourth-order valence-corrected chi connectivity index (χ4v) is 1.27. The first-order valence-electron chi connectivity index (χ1n) is 3.69. The summed E-state index contributed by atoms with van der Waals surface area (Å²) < 4.78 is 5.22. The highest BCUT2D eigenvalue weighted by molar-refractivity contribution is 4.72. The van der Waals surface area contributed by atoms with E-state index in [1.165, 1.54) is 0 Å². The van der Waals surface area contributed by atoms with E-state index < -0.39 is 0 Å². The molecule has 1 saturated heterocycles. The molecule has 1 aliphatic heterocycles. The van der Waals surface area contributed by atoms with Crippen molar-refractivity contribution in [2.75, 3.05) is 34.3 Å². The van der Waals surface area contributed by atoms with E-state index in [9.17, 15) is 0 Å². The Morgan fingerprint density at radius 3 is 2.50 bits per heavy atom. The summed E-state index contributed by atoms with van der Waals surface area (Å²) in [5.74, 6) is 0. The van der Waals surface area contributed by atoms with E-state index in [0.29, 0.717) is 6.10 Å². The van der Waals surface area contributed by atoms with Gasteiger partial charge in [0.1, 0.15) is 0 Å². The number of hydrogen-bond donors (Lipinski definition) is 0. The monoisotopic (exact) mass is 144 g/mol. The molecule has 0 aromatic carbocycles. The third-order valence-corrected chi connectivity index (χ3v) is 2.02. The maximum Gasteiger partial charge on any atom is 0.0725 e. The highest BCUT2D eigenvalue weighted by Gasteiger charge is 2.22. The molecule has 1 fully saturated rings. The fourth-order valence-electron chi connectivity index (χ4n) is 1.27. The normalized spacial score (nSPS) is 28.2. The second-order valence-corrected chi connectivity index (χ2v) is 2.91. The lowest BCUT2D eigenvalue weighted by atomic mass is 10.3. The topological polar surface area (TPSA) is 15.7 Å². The van der Waals surface area contributed by atoms with E-state index in [4.69, 9.17) is 4.74 Å². The van der Waals surface area contributed by atoms with Gasteiger partial charge in [0.2, 0.25) is 0 Å². The molecule has 0 saturated carbocycles. The SMILES string of the molecule is CO[C@@H]1CCN(N(C)C)C1. The molecule has 0 aliphatic carbocycles. The Morgan fingerprint density at radius 1 is 1.50 bits per heavy atom. The van der Waals surface area contributed by atoms with Crippen molar-refractivity contribution in [3.05, 3.63) is 0 Å². The molecule has 0 unspecified atom stereocenters. The van der Waals surface area contributed by atoms with Gasteiger partial charge in [-0.25, -0.2) is 10.0 Å². The Morgan fingerprint density at radius 2 is 2.20 bits per heavy atom. The van der Waals surface area contributed by atoms with Gasteiger partial charge in [-0.05, 0) is 6.42 Å². The van der Waals surface area contributed by atoms with Crippen LogP contribution in [-0.4, -0.2) is 50.4 Å². The summed E-state index contributed by atoms with van der Waals surface area (Å²) in [5.41, 5.74) is 0. The first kappa shape index (κ1) is 7.98. The van der Waals surface area contributed by atoms with Crippen molar-refractivity contribution in [2.45, 2.75) is 12.5 Å². The number of hydrazine groups is 1. The average molecular weight is 144 g/mol. The van der Waals surface area contributed by atoms with Crippen LogP contribution < -0.4 is 0 Å². The van der Waals surface area contributed by atoms with Crippen molar-refractivity contribution in [2.24, 2.45) is 0 Å². The summed E-state index contributed by atoms with van der Waals surface area (Å²) in [6, 6.07) is 0. The third-order valence-electron chi connectivity index (χ3n) is 2.02. The first-order valence-corrected chi connectivity index (χ1v) is 3.69. The molecular formula is C7H16N2O. The molecule has 3 heteroatoms. The molecule has 10 heavy (non-hydrogen) atoms. The summed E-state index contributed by atoms with van der Waals surface area (Å²) in [7, 11) is 5.92. The predicted octanol–water partition coefficient (Wildman–Crippen LogP) is 0.184. The van der Waals surface area contributed by atoms with E-state index in [2.05, 4.69) is 24.1 Å². The minimum atomic E-state index is 0.447. The molecule has 3 nitrogen and oxygen atoms in total. The Bertz CT molecular complexity index is 106. The van der Waals surface area contributed by atoms with Crippen LogP contribution in [0.25, 0.3) is 0 Å². The van der Waals surface area contributed by atoms with Crippen LogP contribution in [0.15, 0.2) is 0 Å². The number of ether oxygens (including phenoxy) is 1. The van der Waals surface area contributed by atoms with Crippen LogP contribution >= 0.6 is 0 Å². The van der Waals surface area contributed by atoms with E-state index >= 15 is 0 Å². The van der Waals surface area contributed by atoms with Crippen LogP contribution in [0.3, 0.4) is 0 Å². The molecule has 0 N–H and O–H groups in total. The number of nitrogens with zero attached hydrogens (tertiary/aromatic N) is 2. The van der Waals surface area contributed by atoms with Crippen molar-refractivity contribution >= 4 is 0 Å². The van der Waals surface area contributed by atoms with Crippen LogP contribution in [0.4, 0.5) is 0 Å². The minimum Gasteiger partial charge on any atom is -0.380 e. The summed E-state index contributed by atoms with van der Waals surface area (Å²) in [6.45, 7) is 2.18. The molecule has 1 atom stereocenters. The maximum atomic E-state index is 5.22. The fraction of sp³-hybridized carbons (Fsp3) is 1.00. The molecule has 0 radical (unpaired) electrons. The van der Waals surface area contributed by atoms with Gasteiger partial charge in [-0.15, -0.1) is 0 Å². The van der Waals surface area contributed by atoms with E-state index in [-0.39, 0.29) is 0 Å². The highest BCUT2D eigenvalue weighted by atomic mass is 16.5. The van der Waals surface area contributed by atoms with E-state index in [1.54, 1.807) is 7.11 Å². The largest absolute Gasteiger partial charge is 0.380 e. The summed E-state index contributed by atoms with van der Waals surface area (Å²) in [6.07, 6.45) is 1.61. The van der Waals surface area contributed by atoms with Gasteiger partial charge in [-0.1, -0.05) is 0 Å². The van der Waals surface area contributed by atoms with Gasteiger partial charge in [0.25, 0.3) is 0 Å². The molecule has 60 valence electrons. The van der Waals surface area contributed by atoms with Gasteiger partial charge in [0.05, 0.1) is 6.10 Å². The molecule has 0 bridgehead atoms. The predicted molar refractivity (Wildman–Crippen MR) is 40.7 cm³/mol. The lowest BCUT2D eigenvalue weighted by molar-refractivity contribution is 0.0273. The van der Waals surface area contributed by atoms with E-state index in [1.807, 2.05) is 0 Å². The van der Waals surface area contributed by atoms with Crippen molar-refractivity contribution in [1.29, 1.82) is 0 Å². The number of rotatable bonds is 2. The quantitative estimate of drug-likeness (QED) is 0.550. The molecule has 0 spiro atoms. The zero-order valence-electron chi connectivity index (χ0n) is 7.00. The standard InChI is InChI=1S/C7H16N2O/c1-8(2)9-5-4-7(6-9)10-3/h7H,4-6H2,1-3H3/t7-/m1/s1. The zero-order valence-corrected chi connectivity index (χ0v) is 7.00. The Balaban J connectivity index is 2.28. The van der Waals surface area contributed by atoms with Gasteiger partial charge < -0.3 is 4.74 Å². The molecule has 0 aromatic rings. The Labute approximate surface area is 62.5 Å². The average Bonchev–Trinajstić information content (AvgIpc) is 2.34. The van der Waals surface area contributed by atoms with Crippen LogP contribution in [-0.2, 0) is 4.74 Å². The van der Waals surface area contributed by atoms with Gasteiger partial charge in [-0.2, -0.15) is 0 Å². The van der Waals surface area contributed by atoms with Gasteiger partial charge in [0, 0.05) is 34.3 Å². The van der Waals surface area contributed by atoms with Crippen LogP contribution in [0.2, 0.25) is 0 Å². The molecule has 1 heterocycles. The first-order chi connectivity index (χ1) is 4.74. The second kappa shape index (κ2) is 3.32. The summed E-state index contributed by atoms with van der Waals surface area (Å²) in [5, 5.41) is 4.41. The second-order valence-electron chi connectivity index (χ2n) is 2.91. The number of hydrogen-bond acceptors (Lipinski definition) is 3. The van der Waals surface area contributed by atoms with Gasteiger partial charge in [-0.3, -0.25) is 0 Å². The van der Waals surface area contributed by atoms with E-state index in [0.717, 1.165) is 19.5 Å². The smallest absolute Gasteiger partial charge is 0.0725 e. The molecule has 1 rings (SSSR count). The Hall–Kier alpha value is -0.120. The van der Waals surface area contributed by atoms with Gasteiger partial charge in [0.15, 0.2) is 0 Å². The molecule has 0 aromatic heterocycles. The van der Waals surface area contributed by atoms with Crippen molar-refractivity contribution in [1.82, 2.24) is 10.0 Å². The minimum absolute atomic E-state index is 0.447. The lowest BCUT2D eigenvalue weighted by Gasteiger charge is -2.23. The molecule has 1 aliphatic rings. The maximum absolute atomic E-state index is 5.22. The molecule has 0 amide bonds. The van der Waals surface area contributed by atoms with Crippen molar-refractivity contribution < 1.29 is 4.74 Å². The molecular weight excluding hydrogens is 128 g/mol. The summed E-state index contributed by atoms with van der Waals surface area (Å²) in [4.78, 5) is 0. The van der Waals surface area contributed by atoms with Crippen LogP contribution in [0, 0.1) is 0 Å². The lowest BCUT2D eigenvalue weighted by Crippen LogP contribution is -2.35.